The molecule has 0 unspecified atom stereocenters. The third kappa shape index (κ3) is 6.93. The summed E-state index contributed by atoms with van der Waals surface area (Å²) in [5, 5.41) is 8.84. The van der Waals surface area contributed by atoms with Crippen molar-refractivity contribution in [1.82, 2.24) is 25.2 Å². The first kappa shape index (κ1) is 26.3. The molecule has 2 aromatic carbocycles. The number of thiazole rings is 1. The standard InChI is InChI=1S/C27H31N5O4S/c1-27(2,3)36-26(34)32-22-11-10-19(35-4)14-20(22)30-23(32)16-28-13-12-24-31-21(17-37-24)25(33)29-15-18-8-6-5-7-9-18/h5-11,14,17,28H,12-13,15-16H2,1-4H3,(H,29,33). The SMILES string of the molecule is COc1ccc2c(c1)nc(CNCCc1nc(C(=O)NCc3ccccc3)cs1)n2C(=O)OC(C)(C)C. The van der Waals surface area contributed by atoms with Crippen LogP contribution in [0.15, 0.2) is 53.9 Å². The number of rotatable bonds is 9. The Bertz CT molecular complexity index is 1370. The molecule has 9 nitrogen and oxygen atoms in total. The zero-order chi connectivity index (χ0) is 26.4. The molecule has 4 rings (SSSR count). The molecule has 2 heterocycles. The number of nitrogens with one attached hydrogen (secondary N) is 2. The van der Waals surface area contributed by atoms with Crippen LogP contribution in [0.4, 0.5) is 4.79 Å². The lowest BCUT2D eigenvalue weighted by molar-refractivity contribution is 0.0538. The summed E-state index contributed by atoms with van der Waals surface area (Å²) in [6.45, 7) is 6.89. The zero-order valence-electron chi connectivity index (χ0n) is 21.4. The van der Waals surface area contributed by atoms with E-state index in [4.69, 9.17) is 9.47 Å². The van der Waals surface area contributed by atoms with Crippen molar-refractivity contribution >= 4 is 34.4 Å². The number of ether oxygens (including phenoxy) is 2. The molecule has 10 heteroatoms. The lowest BCUT2D eigenvalue weighted by atomic mass is 10.2. The molecule has 0 atom stereocenters. The van der Waals surface area contributed by atoms with E-state index in [1.807, 2.05) is 51.1 Å². The molecule has 1 amide bonds. The van der Waals surface area contributed by atoms with Crippen LogP contribution < -0.4 is 15.4 Å². The van der Waals surface area contributed by atoms with Crippen LogP contribution in [0, 0.1) is 0 Å². The fourth-order valence-electron chi connectivity index (χ4n) is 3.66. The van der Waals surface area contributed by atoms with Crippen molar-refractivity contribution in [2.75, 3.05) is 13.7 Å². The monoisotopic (exact) mass is 521 g/mol. The number of imidazole rings is 1. The van der Waals surface area contributed by atoms with Gasteiger partial charge in [0.05, 0.1) is 29.7 Å². The Morgan fingerprint density at radius 2 is 1.84 bits per heavy atom. The van der Waals surface area contributed by atoms with Gasteiger partial charge in [-0.15, -0.1) is 11.3 Å². The Morgan fingerprint density at radius 1 is 1.05 bits per heavy atom. The van der Waals surface area contributed by atoms with E-state index in [2.05, 4.69) is 20.6 Å². The second-order valence-corrected chi connectivity index (χ2v) is 10.4. The van der Waals surface area contributed by atoms with Gasteiger partial charge in [0.1, 0.15) is 22.9 Å². The third-order valence-corrected chi connectivity index (χ3v) is 6.29. The van der Waals surface area contributed by atoms with Gasteiger partial charge in [-0.2, -0.15) is 0 Å². The number of hydrogen-bond acceptors (Lipinski definition) is 8. The first-order valence-electron chi connectivity index (χ1n) is 12.0. The number of benzene rings is 2. The largest absolute Gasteiger partial charge is 0.497 e. The van der Waals surface area contributed by atoms with Crippen molar-refractivity contribution in [3.63, 3.8) is 0 Å². The van der Waals surface area contributed by atoms with Crippen molar-refractivity contribution in [3.8, 4) is 5.75 Å². The second-order valence-electron chi connectivity index (χ2n) is 9.42. The molecule has 194 valence electrons. The highest BCUT2D eigenvalue weighted by Gasteiger charge is 2.23. The van der Waals surface area contributed by atoms with Crippen LogP contribution in [-0.2, 0) is 24.2 Å². The smallest absolute Gasteiger partial charge is 0.420 e. The predicted octanol–water partition coefficient (Wildman–Crippen LogP) is 4.55. The summed E-state index contributed by atoms with van der Waals surface area (Å²) in [5.41, 5.74) is 2.11. The summed E-state index contributed by atoms with van der Waals surface area (Å²) in [4.78, 5) is 34.5. The predicted molar refractivity (Wildman–Crippen MR) is 143 cm³/mol. The molecule has 2 aromatic heterocycles. The van der Waals surface area contributed by atoms with Gasteiger partial charge in [-0.25, -0.2) is 19.3 Å². The van der Waals surface area contributed by atoms with Crippen LogP contribution in [-0.4, -0.2) is 45.8 Å². The minimum absolute atomic E-state index is 0.194. The van der Waals surface area contributed by atoms with E-state index >= 15 is 0 Å². The molecule has 0 saturated heterocycles. The fraction of sp³-hybridized carbons (Fsp3) is 0.333. The number of nitrogens with zero attached hydrogens (tertiary/aromatic N) is 3. The summed E-state index contributed by atoms with van der Waals surface area (Å²) in [7, 11) is 1.59. The van der Waals surface area contributed by atoms with Crippen LogP contribution >= 0.6 is 11.3 Å². The van der Waals surface area contributed by atoms with Crippen molar-refractivity contribution in [3.05, 3.63) is 76.0 Å². The van der Waals surface area contributed by atoms with Gasteiger partial charge in [-0.05, 0) is 38.5 Å². The summed E-state index contributed by atoms with van der Waals surface area (Å²) >= 11 is 1.45. The molecule has 0 spiro atoms. The van der Waals surface area contributed by atoms with Crippen molar-refractivity contribution in [1.29, 1.82) is 0 Å². The van der Waals surface area contributed by atoms with Crippen LogP contribution in [0.1, 0.15) is 47.7 Å². The number of carbonyl (C=O) groups is 2. The van der Waals surface area contributed by atoms with Gasteiger partial charge < -0.3 is 20.1 Å². The Morgan fingerprint density at radius 3 is 2.57 bits per heavy atom. The summed E-state index contributed by atoms with van der Waals surface area (Å²) in [6, 6.07) is 15.1. The molecule has 37 heavy (non-hydrogen) atoms. The molecule has 2 N–H and O–H groups in total. The minimum Gasteiger partial charge on any atom is -0.497 e. The summed E-state index contributed by atoms with van der Waals surface area (Å²) in [5.74, 6) is 1.01. The maximum Gasteiger partial charge on any atom is 0.420 e. The first-order chi connectivity index (χ1) is 17.7. The number of aromatic nitrogens is 3. The van der Waals surface area contributed by atoms with Crippen LogP contribution in [0.3, 0.4) is 0 Å². The quantitative estimate of drug-likeness (QED) is 0.311. The van der Waals surface area contributed by atoms with Gasteiger partial charge in [0.2, 0.25) is 0 Å². The highest BCUT2D eigenvalue weighted by Crippen LogP contribution is 2.23. The first-order valence-corrected chi connectivity index (χ1v) is 12.9. The fourth-order valence-corrected chi connectivity index (χ4v) is 4.44. The van der Waals surface area contributed by atoms with Gasteiger partial charge in [0, 0.05) is 31.0 Å². The number of methoxy groups -OCH3 is 1. The Kier molecular flexibility index (Phi) is 8.20. The maximum atomic E-state index is 13.0. The van der Waals surface area contributed by atoms with Gasteiger partial charge in [-0.1, -0.05) is 30.3 Å². The molecule has 0 aliphatic carbocycles. The van der Waals surface area contributed by atoms with Crippen LogP contribution in [0.2, 0.25) is 0 Å². The van der Waals surface area contributed by atoms with Crippen molar-refractivity contribution in [2.45, 2.75) is 45.9 Å². The lowest BCUT2D eigenvalue weighted by Crippen LogP contribution is -2.29. The van der Waals surface area contributed by atoms with E-state index < -0.39 is 11.7 Å². The van der Waals surface area contributed by atoms with Crippen LogP contribution in [0.25, 0.3) is 11.0 Å². The average Bonchev–Trinajstić information content (AvgIpc) is 3.49. The van der Waals surface area contributed by atoms with E-state index in [0.717, 1.165) is 10.6 Å². The number of amides is 1. The maximum absolute atomic E-state index is 13.0. The van der Waals surface area contributed by atoms with Gasteiger partial charge >= 0.3 is 6.09 Å². The van der Waals surface area contributed by atoms with E-state index in [0.29, 0.717) is 54.4 Å². The molecule has 0 bridgehead atoms. The minimum atomic E-state index is -0.638. The van der Waals surface area contributed by atoms with Crippen LogP contribution in [0.5, 0.6) is 5.75 Å². The Balaban J connectivity index is 1.36. The van der Waals surface area contributed by atoms with Gasteiger partial charge in [0.25, 0.3) is 5.91 Å². The second kappa shape index (κ2) is 11.5. The third-order valence-electron chi connectivity index (χ3n) is 5.39. The number of carbonyl (C=O) groups excluding carboxylic acids is 2. The molecule has 4 aromatic rings. The summed E-state index contributed by atoms with van der Waals surface area (Å²) in [6.07, 6.45) is 0.153. The highest BCUT2D eigenvalue weighted by atomic mass is 32.1. The average molecular weight is 522 g/mol. The van der Waals surface area contributed by atoms with E-state index in [1.165, 1.54) is 15.9 Å². The molecule has 0 radical (unpaired) electrons. The molecule has 0 aliphatic heterocycles. The van der Waals surface area contributed by atoms with Crippen molar-refractivity contribution in [2.24, 2.45) is 0 Å². The Labute approximate surface area is 219 Å². The summed E-state index contributed by atoms with van der Waals surface area (Å²) < 4.78 is 12.4. The molecule has 0 fully saturated rings. The molecular weight excluding hydrogens is 490 g/mol. The van der Waals surface area contributed by atoms with Gasteiger partial charge in [0.15, 0.2) is 0 Å². The number of fused-ring (bicyclic) bond motifs is 1. The number of hydrogen-bond donors (Lipinski definition) is 2. The molecule has 0 aliphatic rings. The normalized spacial score (nSPS) is 11.5. The van der Waals surface area contributed by atoms with Crippen molar-refractivity contribution < 1.29 is 19.1 Å². The zero-order valence-corrected chi connectivity index (χ0v) is 22.2. The van der Waals surface area contributed by atoms with E-state index in [9.17, 15) is 9.59 Å². The Hall–Kier alpha value is -3.76. The molecule has 0 saturated carbocycles. The van der Waals surface area contributed by atoms with Gasteiger partial charge in [-0.3, -0.25) is 4.79 Å². The molecular formula is C27H31N5O4S. The van der Waals surface area contributed by atoms with E-state index in [1.54, 1.807) is 30.7 Å². The highest BCUT2D eigenvalue weighted by molar-refractivity contribution is 7.09. The topological polar surface area (TPSA) is 107 Å². The lowest BCUT2D eigenvalue weighted by Gasteiger charge is -2.20. The van der Waals surface area contributed by atoms with E-state index in [-0.39, 0.29) is 5.91 Å².